The standard InChI is InChI=1S/C15H12N4/c1-2-4-14(15-16-18-19-17-15)13(3-1)12-8-6-10-5-7-11(10)9-12/h1-4,6,8-9H,5,7H2,(H,16,17,18,19). The van der Waals surface area contributed by atoms with Crippen molar-refractivity contribution in [1.82, 2.24) is 20.6 Å². The molecular weight excluding hydrogens is 236 g/mol. The van der Waals surface area contributed by atoms with Gasteiger partial charge in [-0.05, 0) is 40.3 Å². The fourth-order valence-corrected chi connectivity index (χ4v) is 2.57. The molecule has 1 aliphatic carbocycles. The summed E-state index contributed by atoms with van der Waals surface area (Å²) in [6.07, 6.45) is 2.40. The van der Waals surface area contributed by atoms with Crippen LogP contribution in [-0.2, 0) is 12.8 Å². The van der Waals surface area contributed by atoms with Crippen molar-refractivity contribution in [3.05, 3.63) is 53.6 Å². The highest BCUT2D eigenvalue weighted by Crippen LogP contribution is 2.33. The predicted molar refractivity (Wildman–Crippen MR) is 72.5 cm³/mol. The first-order valence-electron chi connectivity index (χ1n) is 6.37. The molecule has 19 heavy (non-hydrogen) atoms. The Morgan fingerprint density at radius 3 is 2.42 bits per heavy atom. The first-order valence-corrected chi connectivity index (χ1v) is 6.37. The number of aromatic nitrogens is 4. The van der Waals surface area contributed by atoms with Gasteiger partial charge in [-0.2, -0.15) is 5.21 Å². The van der Waals surface area contributed by atoms with Crippen LogP contribution in [0.4, 0.5) is 0 Å². The van der Waals surface area contributed by atoms with E-state index in [4.69, 9.17) is 0 Å². The van der Waals surface area contributed by atoms with Crippen LogP contribution >= 0.6 is 0 Å². The van der Waals surface area contributed by atoms with Crippen LogP contribution in [0.5, 0.6) is 0 Å². The van der Waals surface area contributed by atoms with Crippen molar-refractivity contribution < 1.29 is 0 Å². The third kappa shape index (κ3) is 1.64. The molecule has 0 radical (unpaired) electrons. The van der Waals surface area contributed by atoms with Crippen LogP contribution < -0.4 is 0 Å². The smallest absolute Gasteiger partial charge is 0.177 e. The second kappa shape index (κ2) is 4.02. The van der Waals surface area contributed by atoms with E-state index in [0.29, 0.717) is 5.82 Å². The summed E-state index contributed by atoms with van der Waals surface area (Å²) in [5, 5.41) is 14.3. The molecule has 0 atom stereocenters. The van der Waals surface area contributed by atoms with Gasteiger partial charge in [0.05, 0.1) is 0 Å². The SMILES string of the molecule is c1ccc(-c2nn[nH]n2)c(-c2ccc3c(c2)CC3)c1. The monoisotopic (exact) mass is 248 g/mol. The summed E-state index contributed by atoms with van der Waals surface area (Å²) in [5.41, 5.74) is 6.31. The highest BCUT2D eigenvalue weighted by atomic mass is 15.5. The van der Waals surface area contributed by atoms with E-state index < -0.39 is 0 Å². The Labute approximate surface area is 110 Å². The maximum Gasteiger partial charge on any atom is 0.205 e. The summed E-state index contributed by atoms with van der Waals surface area (Å²) in [7, 11) is 0. The van der Waals surface area contributed by atoms with Crippen molar-refractivity contribution in [1.29, 1.82) is 0 Å². The number of aromatic amines is 1. The lowest BCUT2D eigenvalue weighted by Crippen LogP contribution is -2.07. The maximum atomic E-state index is 4.08. The highest BCUT2D eigenvalue weighted by Gasteiger charge is 2.15. The minimum atomic E-state index is 0.637. The molecule has 4 heteroatoms. The van der Waals surface area contributed by atoms with Crippen LogP contribution in [0, 0.1) is 0 Å². The molecule has 1 aromatic heterocycles. The predicted octanol–water partition coefficient (Wildman–Crippen LogP) is 2.63. The number of hydrogen-bond acceptors (Lipinski definition) is 3. The largest absolute Gasteiger partial charge is 0.205 e. The number of fused-ring (bicyclic) bond motifs is 1. The molecule has 0 amide bonds. The first kappa shape index (κ1) is 10.4. The summed E-state index contributed by atoms with van der Waals surface area (Å²) in [6.45, 7) is 0. The second-order valence-electron chi connectivity index (χ2n) is 4.76. The number of benzene rings is 2. The van der Waals surface area contributed by atoms with Gasteiger partial charge in [-0.3, -0.25) is 0 Å². The van der Waals surface area contributed by atoms with E-state index in [-0.39, 0.29) is 0 Å². The molecule has 0 spiro atoms. The number of nitrogens with one attached hydrogen (secondary N) is 1. The van der Waals surface area contributed by atoms with Crippen molar-refractivity contribution in [2.75, 3.05) is 0 Å². The molecule has 1 heterocycles. The van der Waals surface area contributed by atoms with Crippen LogP contribution in [0.25, 0.3) is 22.5 Å². The van der Waals surface area contributed by atoms with Gasteiger partial charge in [0.25, 0.3) is 0 Å². The lowest BCUT2D eigenvalue weighted by molar-refractivity contribution is 0.840. The molecule has 0 fully saturated rings. The van der Waals surface area contributed by atoms with Crippen LogP contribution in [0.1, 0.15) is 11.1 Å². The van der Waals surface area contributed by atoms with E-state index in [0.717, 1.165) is 11.1 Å². The Bertz CT molecular complexity index is 732. The fraction of sp³-hybridized carbons (Fsp3) is 0.133. The number of aryl methyl sites for hydroxylation is 2. The molecule has 1 aliphatic rings. The van der Waals surface area contributed by atoms with E-state index in [1.54, 1.807) is 0 Å². The fourth-order valence-electron chi connectivity index (χ4n) is 2.57. The average Bonchev–Trinajstić information content (AvgIpc) is 2.94. The van der Waals surface area contributed by atoms with Gasteiger partial charge < -0.3 is 0 Å². The Hall–Kier alpha value is -2.49. The van der Waals surface area contributed by atoms with Crippen molar-refractivity contribution in [3.8, 4) is 22.5 Å². The number of H-pyrrole nitrogens is 1. The molecule has 1 N–H and O–H groups in total. The van der Waals surface area contributed by atoms with Crippen molar-refractivity contribution >= 4 is 0 Å². The third-order valence-corrected chi connectivity index (χ3v) is 3.69. The topological polar surface area (TPSA) is 54.5 Å². The summed E-state index contributed by atoms with van der Waals surface area (Å²) in [5.74, 6) is 0.637. The number of hydrogen-bond donors (Lipinski definition) is 1. The molecule has 4 nitrogen and oxygen atoms in total. The van der Waals surface area contributed by atoms with E-state index in [1.165, 1.54) is 29.5 Å². The first-order chi connectivity index (χ1) is 9.42. The van der Waals surface area contributed by atoms with E-state index in [2.05, 4.69) is 44.9 Å². The third-order valence-electron chi connectivity index (χ3n) is 3.69. The van der Waals surface area contributed by atoms with E-state index in [9.17, 15) is 0 Å². The van der Waals surface area contributed by atoms with Gasteiger partial charge in [-0.15, -0.1) is 10.2 Å². The minimum Gasteiger partial charge on any atom is -0.177 e. The lowest BCUT2D eigenvalue weighted by Gasteiger charge is -2.19. The summed E-state index contributed by atoms with van der Waals surface area (Å²) < 4.78 is 0. The van der Waals surface area contributed by atoms with Crippen molar-refractivity contribution in [2.45, 2.75) is 12.8 Å². The molecule has 2 aromatic carbocycles. The molecule has 3 aromatic rings. The molecule has 4 rings (SSSR count). The van der Waals surface area contributed by atoms with Gasteiger partial charge in [0.15, 0.2) is 0 Å². The molecule has 0 bridgehead atoms. The number of tetrazole rings is 1. The van der Waals surface area contributed by atoms with Gasteiger partial charge >= 0.3 is 0 Å². The zero-order chi connectivity index (χ0) is 12.7. The maximum absolute atomic E-state index is 4.08. The summed E-state index contributed by atoms with van der Waals surface area (Å²) >= 11 is 0. The Morgan fingerprint density at radius 1 is 0.895 bits per heavy atom. The summed E-state index contributed by atoms with van der Waals surface area (Å²) in [6, 6.07) is 14.8. The Morgan fingerprint density at radius 2 is 1.74 bits per heavy atom. The van der Waals surface area contributed by atoms with Gasteiger partial charge in [0.2, 0.25) is 5.82 Å². The van der Waals surface area contributed by atoms with E-state index in [1.807, 2.05) is 18.2 Å². The zero-order valence-electron chi connectivity index (χ0n) is 10.3. The molecule has 0 aliphatic heterocycles. The number of rotatable bonds is 2. The van der Waals surface area contributed by atoms with Gasteiger partial charge in [0, 0.05) is 5.56 Å². The van der Waals surface area contributed by atoms with Crippen molar-refractivity contribution in [3.63, 3.8) is 0 Å². The quantitative estimate of drug-likeness (QED) is 0.758. The van der Waals surface area contributed by atoms with Crippen LogP contribution in [0.2, 0.25) is 0 Å². The molecule has 0 saturated heterocycles. The highest BCUT2D eigenvalue weighted by molar-refractivity contribution is 5.80. The molecule has 0 saturated carbocycles. The van der Waals surface area contributed by atoms with Gasteiger partial charge in [-0.25, -0.2) is 0 Å². The van der Waals surface area contributed by atoms with Gasteiger partial charge in [-0.1, -0.05) is 42.5 Å². The van der Waals surface area contributed by atoms with Crippen LogP contribution in [0.3, 0.4) is 0 Å². The lowest BCUT2D eigenvalue weighted by atomic mass is 9.85. The number of nitrogens with zero attached hydrogens (tertiary/aromatic N) is 3. The van der Waals surface area contributed by atoms with E-state index >= 15 is 0 Å². The van der Waals surface area contributed by atoms with Crippen LogP contribution in [0.15, 0.2) is 42.5 Å². The normalized spacial score (nSPS) is 12.8. The summed E-state index contributed by atoms with van der Waals surface area (Å²) in [4.78, 5) is 0. The molecular formula is C15H12N4. The van der Waals surface area contributed by atoms with Gasteiger partial charge in [0.1, 0.15) is 0 Å². The Balaban J connectivity index is 1.89. The van der Waals surface area contributed by atoms with Crippen molar-refractivity contribution in [2.24, 2.45) is 0 Å². The average molecular weight is 248 g/mol. The second-order valence-corrected chi connectivity index (χ2v) is 4.76. The Kier molecular flexibility index (Phi) is 2.21. The molecule has 92 valence electrons. The zero-order valence-corrected chi connectivity index (χ0v) is 10.3. The van der Waals surface area contributed by atoms with Crippen LogP contribution in [-0.4, -0.2) is 20.6 Å². The molecule has 0 unspecified atom stereocenters. The minimum absolute atomic E-state index is 0.637.